The Morgan fingerprint density at radius 1 is 1.12 bits per heavy atom. The van der Waals surface area contributed by atoms with Crippen LogP contribution in [-0.4, -0.2) is 48.2 Å². The highest BCUT2D eigenvalue weighted by Gasteiger charge is 2.26. The summed E-state index contributed by atoms with van der Waals surface area (Å²) in [6, 6.07) is 6.01. The van der Waals surface area contributed by atoms with E-state index in [1.165, 1.54) is 21.3 Å². The fourth-order valence-corrected chi connectivity index (χ4v) is 2.01. The van der Waals surface area contributed by atoms with Crippen molar-refractivity contribution in [3.63, 3.8) is 0 Å². The average Bonchev–Trinajstić information content (AvgIpc) is 2.61. The van der Waals surface area contributed by atoms with E-state index in [1.54, 1.807) is 31.2 Å². The first-order chi connectivity index (χ1) is 11.5. The van der Waals surface area contributed by atoms with Crippen molar-refractivity contribution in [2.24, 2.45) is 0 Å². The van der Waals surface area contributed by atoms with Crippen molar-refractivity contribution in [2.75, 3.05) is 26.2 Å². The lowest BCUT2D eigenvalue weighted by Crippen LogP contribution is -2.36. The molecule has 126 valence electrons. The van der Waals surface area contributed by atoms with Crippen molar-refractivity contribution in [3.8, 4) is 6.01 Å². The number of ether oxygens (including phenoxy) is 2. The summed E-state index contributed by atoms with van der Waals surface area (Å²) in [5, 5.41) is 2.50. The molecular weight excluding hydrogens is 314 g/mol. The van der Waals surface area contributed by atoms with Gasteiger partial charge in [0.15, 0.2) is 0 Å². The normalized spacial score (nSPS) is 10.0. The van der Waals surface area contributed by atoms with Crippen LogP contribution >= 0.6 is 0 Å². The van der Waals surface area contributed by atoms with Gasteiger partial charge in [0.1, 0.15) is 5.82 Å². The van der Waals surface area contributed by atoms with Gasteiger partial charge in [-0.05, 0) is 19.1 Å². The van der Waals surface area contributed by atoms with Crippen LogP contribution in [0.3, 0.4) is 0 Å². The van der Waals surface area contributed by atoms with Crippen LogP contribution in [0.15, 0.2) is 24.3 Å². The Morgan fingerprint density at radius 3 is 2.46 bits per heavy atom. The SMILES string of the molecule is CNC(=O)N(c1nc(C)nc(OC)n1)c1ccccc1C(=O)OC. The quantitative estimate of drug-likeness (QED) is 0.845. The molecule has 24 heavy (non-hydrogen) atoms. The highest BCUT2D eigenvalue weighted by atomic mass is 16.5. The smallest absolute Gasteiger partial charge is 0.339 e. The summed E-state index contributed by atoms with van der Waals surface area (Å²) in [5.74, 6) is -0.200. The fourth-order valence-electron chi connectivity index (χ4n) is 2.01. The minimum Gasteiger partial charge on any atom is -0.467 e. The van der Waals surface area contributed by atoms with E-state index in [4.69, 9.17) is 9.47 Å². The van der Waals surface area contributed by atoms with Crippen LogP contribution in [-0.2, 0) is 4.74 Å². The number of nitrogens with zero attached hydrogens (tertiary/aromatic N) is 4. The Hall–Kier alpha value is -3.23. The van der Waals surface area contributed by atoms with E-state index in [1.807, 2.05) is 0 Å². The second-order valence-electron chi connectivity index (χ2n) is 4.57. The Bertz CT molecular complexity index is 765. The number of aryl methyl sites for hydroxylation is 1. The number of para-hydroxylation sites is 1. The number of amides is 2. The van der Waals surface area contributed by atoms with Crippen molar-refractivity contribution in [1.29, 1.82) is 0 Å². The van der Waals surface area contributed by atoms with Gasteiger partial charge >= 0.3 is 18.0 Å². The van der Waals surface area contributed by atoms with Crippen LogP contribution in [0.5, 0.6) is 6.01 Å². The largest absolute Gasteiger partial charge is 0.467 e. The lowest BCUT2D eigenvalue weighted by molar-refractivity contribution is 0.0601. The fraction of sp³-hybridized carbons (Fsp3) is 0.267. The lowest BCUT2D eigenvalue weighted by Gasteiger charge is -2.22. The molecule has 0 fully saturated rings. The molecule has 2 amide bonds. The third kappa shape index (κ3) is 3.40. The van der Waals surface area contributed by atoms with Gasteiger partial charge in [-0.2, -0.15) is 15.0 Å². The van der Waals surface area contributed by atoms with Gasteiger partial charge in [-0.25, -0.2) is 14.5 Å². The predicted molar refractivity (Wildman–Crippen MR) is 85.5 cm³/mol. The van der Waals surface area contributed by atoms with E-state index in [0.717, 1.165) is 4.90 Å². The summed E-state index contributed by atoms with van der Waals surface area (Å²) in [5.41, 5.74) is 0.469. The third-order valence-corrected chi connectivity index (χ3v) is 3.06. The molecule has 1 N–H and O–H groups in total. The number of methoxy groups -OCH3 is 2. The van der Waals surface area contributed by atoms with E-state index < -0.39 is 12.0 Å². The standard InChI is InChI=1S/C15H17N5O4/c1-9-17-13(19-14(18-9)24-4)20(15(22)16-2)11-8-6-5-7-10(11)12(21)23-3/h5-8H,1-4H3,(H,16,22). The number of carbonyl (C=O) groups is 2. The number of nitrogens with one attached hydrogen (secondary N) is 1. The van der Waals surface area contributed by atoms with Crippen LogP contribution in [0.2, 0.25) is 0 Å². The van der Waals surface area contributed by atoms with Crippen LogP contribution in [0.4, 0.5) is 16.4 Å². The first kappa shape index (κ1) is 17.1. The molecule has 9 heteroatoms. The summed E-state index contributed by atoms with van der Waals surface area (Å²) in [6.45, 7) is 1.64. The molecule has 1 heterocycles. The maximum atomic E-state index is 12.4. The van der Waals surface area contributed by atoms with Crippen molar-refractivity contribution in [2.45, 2.75) is 6.92 Å². The van der Waals surface area contributed by atoms with Crippen LogP contribution in [0, 0.1) is 6.92 Å². The highest BCUT2D eigenvalue weighted by Crippen LogP contribution is 2.27. The van der Waals surface area contributed by atoms with Crippen molar-refractivity contribution < 1.29 is 19.1 Å². The van der Waals surface area contributed by atoms with Crippen molar-refractivity contribution >= 4 is 23.6 Å². The Balaban J connectivity index is 2.66. The van der Waals surface area contributed by atoms with Gasteiger partial charge in [-0.1, -0.05) is 12.1 Å². The molecule has 0 bridgehead atoms. The summed E-state index contributed by atoms with van der Waals surface area (Å²) >= 11 is 0. The molecule has 0 spiro atoms. The topological polar surface area (TPSA) is 107 Å². The van der Waals surface area contributed by atoms with E-state index >= 15 is 0 Å². The summed E-state index contributed by atoms with van der Waals surface area (Å²) in [7, 11) is 4.13. The molecule has 1 aromatic heterocycles. The molecule has 0 aliphatic rings. The molecule has 0 saturated heterocycles. The zero-order chi connectivity index (χ0) is 17.7. The highest BCUT2D eigenvalue weighted by molar-refractivity contribution is 6.05. The Labute approximate surface area is 138 Å². The third-order valence-electron chi connectivity index (χ3n) is 3.06. The summed E-state index contributed by atoms with van der Waals surface area (Å²) in [4.78, 5) is 37.8. The number of aromatic nitrogens is 3. The number of anilines is 2. The lowest BCUT2D eigenvalue weighted by atomic mass is 10.1. The number of rotatable bonds is 4. The van der Waals surface area contributed by atoms with E-state index in [9.17, 15) is 9.59 Å². The second-order valence-corrected chi connectivity index (χ2v) is 4.57. The summed E-state index contributed by atoms with van der Waals surface area (Å²) in [6.07, 6.45) is 0. The second kappa shape index (κ2) is 7.36. The van der Waals surface area contributed by atoms with Gasteiger partial charge in [0.25, 0.3) is 0 Å². The molecule has 0 unspecified atom stereocenters. The van der Waals surface area contributed by atoms with Gasteiger partial charge in [0, 0.05) is 7.05 Å². The predicted octanol–water partition coefficient (Wildman–Crippen LogP) is 1.45. The van der Waals surface area contributed by atoms with Gasteiger partial charge < -0.3 is 14.8 Å². The molecule has 0 saturated carbocycles. The van der Waals surface area contributed by atoms with Gasteiger partial charge in [-0.3, -0.25) is 0 Å². The van der Waals surface area contributed by atoms with E-state index in [-0.39, 0.29) is 23.2 Å². The van der Waals surface area contributed by atoms with Gasteiger partial charge in [-0.15, -0.1) is 0 Å². The maximum absolute atomic E-state index is 12.4. The molecule has 0 atom stereocenters. The Kier molecular flexibility index (Phi) is 5.25. The Morgan fingerprint density at radius 2 is 1.83 bits per heavy atom. The minimum absolute atomic E-state index is 0.0232. The molecule has 2 aromatic rings. The van der Waals surface area contributed by atoms with Crippen LogP contribution in [0.1, 0.15) is 16.2 Å². The molecule has 9 nitrogen and oxygen atoms in total. The van der Waals surface area contributed by atoms with Crippen molar-refractivity contribution in [3.05, 3.63) is 35.7 Å². The number of benzene rings is 1. The number of carbonyl (C=O) groups excluding carboxylic acids is 2. The van der Waals surface area contributed by atoms with Crippen LogP contribution < -0.4 is 15.0 Å². The van der Waals surface area contributed by atoms with Gasteiger partial charge in [0.2, 0.25) is 5.95 Å². The number of esters is 1. The zero-order valence-electron chi connectivity index (χ0n) is 13.7. The first-order valence-electron chi connectivity index (χ1n) is 6.97. The number of hydrogen-bond donors (Lipinski definition) is 1. The van der Waals surface area contributed by atoms with E-state index in [2.05, 4.69) is 20.3 Å². The zero-order valence-corrected chi connectivity index (χ0v) is 13.7. The van der Waals surface area contributed by atoms with Crippen LogP contribution in [0.25, 0.3) is 0 Å². The van der Waals surface area contributed by atoms with Gasteiger partial charge in [0.05, 0.1) is 25.5 Å². The minimum atomic E-state index is -0.586. The maximum Gasteiger partial charge on any atom is 0.339 e. The molecular formula is C15H17N5O4. The van der Waals surface area contributed by atoms with E-state index in [0.29, 0.717) is 5.82 Å². The molecule has 1 aromatic carbocycles. The number of hydrogen-bond acceptors (Lipinski definition) is 7. The first-order valence-corrected chi connectivity index (χ1v) is 6.97. The number of urea groups is 1. The summed E-state index contributed by atoms with van der Waals surface area (Å²) < 4.78 is 9.79. The molecule has 0 aliphatic heterocycles. The van der Waals surface area contributed by atoms with Crippen molar-refractivity contribution in [1.82, 2.24) is 20.3 Å². The molecule has 0 radical (unpaired) electrons. The average molecular weight is 331 g/mol. The molecule has 0 aliphatic carbocycles. The monoisotopic (exact) mass is 331 g/mol. The molecule has 2 rings (SSSR count).